The molecule has 62 heavy (non-hydrogen) atoms. The molecule has 0 fully saturated rings. The van der Waals surface area contributed by atoms with Crippen molar-refractivity contribution in [2.75, 3.05) is 0 Å². The Labute approximate surface area is 348 Å². The molecule has 0 aliphatic carbocycles. The Morgan fingerprint density at radius 2 is 0.855 bits per heavy atom. The van der Waals surface area contributed by atoms with Crippen LogP contribution in [0.5, 0.6) is 28.7 Å². The number of esters is 5. The van der Waals surface area contributed by atoms with E-state index in [1.54, 1.807) is 0 Å². The molecule has 0 radical (unpaired) electrons. The number of ether oxygens (including phenoxy) is 5. The van der Waals surface area contributed by atoms with E-state index in [2.05, 4.69) is 24.9 Å². The van der Waals surface area contributed by atoms with Crippen molar-refractivity contribution in [3.8, 4) is 40.1 Å². The van der Waals surface area contributed by atoms with Crippen LogP contribution < -0.4 is 29.1 Å². The third kappa shape index (κ3) is 8.76. The van der Waals surface area contributed by atoms with E-state index in [1.807, 2.05) is 0 Å². The number of carbonyl (C=O) groups is 5. The fourth-order valence-corrected chi connectivity index (χ4v) is 5.69. The Hall–Kier alpha value is -9.25. The second-order valence-electron chi connectivity index (χ2n) is 12.7. The summed E-state index contributed by atoms with van der Waals surface area (Å²) in [4.78, 5) is 101. The third-order valence-corrected chi connectivity index (χ3v) is 8.60. The van der Waals surface area contributed by atoms with Gasteiger partial charge in [0.05, 0.1) is 27.8 Å². The molecule has 0 bridgehead atoms. The van der Waals surface area contributed by atoms with Gasteiger partial charge >= 0.3 is 29.8 Å². The lowest BCUT2D eigenvalue weighted by Crippen LogP contribution is -2.18. The first-order chi connectivity index (χ1) is 30.2. The molecule has 0 unspecified atom stereocenters. The SMILES string of the molecule is O=C(Oc1cc(OC(=O)c2cccnc2)c2c(=O)c(OC(=O)c3cccnc3)c(-c3ccc(OC(=O)c4cccnc4)c(OC(=O)c4cccnc4)c3)oc2c1)c1cccnc1. The standard InChI is InChI=1S/C45H25N5O12/c51-38-37-35(19-32(57-41(52)27-6-1-13-46-21-27)20-36(37)61-44(55)30-9-4-16-49-24-30)58-39(40(38)62-45(56)31-10-5-17-50-25-31)26-11-12-33(59-42(53)28-7-2-14-47-22-28)34(18-26)60-43(54)29-8-3-15-48-23-29/h1-25H. The van der Waals surface area contributed by atoms with E-state index in [4.69, 9.17) is 28.1 Å². The summed E-state index contributed by atoms with van der Waals surface area (Å²) in [6, 6.07) is 20.7. The van der Waals surface area contributed by atoms with E-state index < -0.39 is 57.9 Å². The van der Waals surface area contributed by atoms with E-state index in [-0.39, 0.29) is 56.2 Å². The average molecular weight is 828 g/mol. The number of hydrogen-bond donors (Lipinski definition) is 0. The van der Waals surface area contributed by atoms with Crippen molar-refractivity contribution in [3.05, 3.63) is 191 Å². The van der Waals surface area contributed by atoms with Crippen LogP contribution in [0.4, 0.5) is 0 Å². The normalized spacial score (nSPS) is 10.6. The van der Waals surface area contributed by atoms with Crippen molar-refractivity contribution in [2.45, 2.75) is 0 Å². The summed E-state index contributed by atoms with van der Waals surface area (Å²) in [7, 11) is 0. The van der Waals surface area contributed by atoms with E-state index in [0.717, 1.165) is 6.07 Å². The maximum atomic E-state index is 14.8. The van der Waals surface area contributed by atoms with Crippen molar-refractivity contribution in [1.29, 1.82) is 0 Å². The van der Waals surface area contributed by atoms with Gasteiger partial charge < -0.3 is 28.1 Å². The van der Waals surface area contributed by atoms with Crippen LogP contribution in [0.2, 0.25) is 0 Å². The van der Waals surface area contributed by atoms with Crippen LogP contribution in [0.3, 0.4) is 0 Å². The molecule has 17 heteroatoms. The number of benzene rings is 2. The minimum Gasteiger partial charge on any atom is -0.452 e. The number of pyridine rings is 5. The van der Waals surface area contributed by atoms with E-state index in [9.17, 15) is 28.8 Å². The lowest BCUT2D eigenvalue weighted by atomic mass is 10.1. The molecule has 0 amide bonds. The first-order valence-electron chi connectivity index (χ1n) is 18.1. The van der Waals surface area contributed by atoms with Gasteiger partial charge in [-0.3, -0.25) is 29.7 Å². The van der Waals surface area contributed by atoms with Crippen LogP contribution in [-0.2, 0) is 0 Å². The molecule has 6 aromatic heterocycles. The van der Waals surface area contributed by atoms with Crippen LogP contribution in [0.1, 0.15) is 51.8 Å². The number of hydrogen-bond acceptors (Lipinski definition) is 17. The van der Waals surface area contributed by atoms with Crippen LogP contribution in [0, 0.1) is 0 Å². The fourth-order valence-electron chi connectivity index (χ4n) is 5.69. The quantitative estimate of drug-likeness (QED) is 0.0997. The first kappa shape index (κ1) is 39.6. The summed E-state index contributed by atoms with van der Waals surface area (Å²) < 4.78 is 34.7. The Balaban J connectivity index is 1.31. The van der Waals surface area contributed by atoms with E-state index >= 15 is 0 Å². The molecule has 0 N–H and O–H groups in total. The van der Waals surface area contributed by atoms with Gasteiger partial charge in [0.15, 0.2) is 17.3 Å². The smallest absolute Gasteiger partial charge is 0.345 e. The summed E-state index contributed by atoms with van der Waals surface area (Å²) in [6.07, 6.45) is 13.5. The number of rotatable bonds is 11. The molecule has 2 aromatic carbocycles. The van der Waals surface area contributed by atoms with Gasteiger partial charge in [-0.1, -0.05) is 0 Å². The van der Waals surface area contributed by atoms with Crippen LogP contribution >= 0.6 is 0 Å². The number of carbonyl (C=O) groups excluding carboxylic acids is 5. The van der Waals surface area contributed by atoms with Crippen LogP contribution in [-0.4, -0.2) is 54.8 Å². The van der Waals surface area contributed by atoms with Crippen molar-refractivity contribution in [2.24, 2.45) is 0 Å². The van der Waals surface area contributed by atoms with Gasteiger partial charge in [0.1, 0.15) is 22.5 Å². The van der Waals surface area contributed by atoms with E-state index in [1.165, 1.54) is 147 Å². The second kappa shape index (κ2) is 17.7. The minimum atomic E-state index is -1.04. The summed E-state index contributed by atoms with van der Waals surface area (Å²) in [6.45, 7) is 0. The fraction of sp³-hybridized carbons (Fsp3) is 0. The average Bonchev–Trinajstić information content (AvgIpc) is 3.31. The molecule has 0 spiro atoms. The number of aromatic nitrogens is 5. The molecule has 0 saturated heterocycles. The molecule has 6 heterocycles. The zero-order chi connectivity index (χ0) is 43.0. The third-order valence-electron chi connectivity index (χ3n) is 8.60. The number of fused-ring (bicyclic) bond motifs is 1. The zero-order valence-corrected chi connectivity index (χ0v) is 31.6. The maximum absolute atomic E-state index is 14.8. The van der Waals surface area contributed by atoms with Crippen LogP contribution in [0.15, 0.2) is 162 Å². The van der Waals surface area contributed by atoms with Crippen molar-refractivity contribution >= 4 is 40.8 Å². The molecule has 8 rings (SSSR count). The summed E-state index contributed by atoms with van der Waals surface area (Å²) in [5.74, 6) is -7.02. The molecular formula is C45H25N5O12. The van der Waals surface area contributed by atoms with Gasteiger partial charge in [-0.2, -0.15) is 0 Å². The van der Waals surface area contributed by atoms with Gasteiger partial charge in [0, 0.05) is 79.7 Å². The zero-order valence-electron chi connectivity index (χ0n) is 31.6. The van der Waals surface area contributed by atoms with Gasteiger partial charge in [-0.15, -0.1) is 0 Å². The molecule has 302 valence electrons. The molecule has 8 aromatic rings. The Morgan fingerprint density at radius 1 is 0.435 bits per heavy atom. The van der Waals surface area contributed by atoms with E-state index in [0.29, 0.717) is 0 Å². The molecule has 0 aliphatic rings. The summed E-state index contributed by atoms with van der Waals surface area (Å²) in [5, 5.41) is -0.411. The first-order valence-corrected chi connectivity index (χ1v) is 18.1. The van der Waals surface area contributed by atoms with Crippen molar-refractivity contribution < 1.29 is 52.1 Å². The maximum Gasteiger partial charge on any atom is 0.345 e. The van der Waals surface area contributed by atoms with Gasteiger partial charge in [-0.05, 0) is 78.9 Å². The number of nitrogens with zero attached hydrogens (tertiary/aromatic N) is 5. The molecule has 0 atom stereocenters. The predicted molar refractivity (Wildman–Crippen MR) is 214 cm³/mol. The monoisotopic (exact) mass is 827 g/mol. The lowest BCUT2D eigenvalue weighted by Gasteiger charge is -2.16. The highest BCUT2D eigenvalue weighted by Gasteiger charge is 2.28. The summed E-state index contributed by atoms with van der Waals surface area (Å²) in [5.41, 5.74) is -1.28. The topological polar surface area (TPSA) is 226 Å². The minimum absolute atomic E-state index is 0.000299. The molecule has 0 aliphatic heterocycles. The molecular weight excluding hydrogens is 803 g/mol. The summed E-state index contributed by atoms with van der Waals surface area (Å²) >= 11 is 0. The molecule has 17 nitrogen and oxygen atoms in total. The Morgan fingerprint density at radius 3 is 1.31 bits per heavy atom. The second-order valence-corrected chi connectivity index (χ2v) is 12.7. The Bertz CT molecular complexity index is 3040. The van der Waals surface area contributed by atoms with Gasteiger partial charge in [0.25, 0.3) is 0 Å². The van der Waals surface area contributed by atoms with Crippen LogP contribution in [0.25, 0.3) is 22.3 Å². The van der Waals surface area contributed by atoms with Crippen molar-refractivity contribution in [3.63, 3.8) is 0 Å². The molecule has 0 saturated carbocycles. The van der Waals surface area contributed by atoms with Crippen molar-refractivity contribution in [1.82, 2.24) is 24.9 Å². The van der Waals surface area contributed by atoms with Gasteiger partial charge in [0.2, 0.25) is 11.2 Å². The largest absolute Gasteiger partial charge is 0.452 e. The highest BCUT2D eigenvalue weighted by molar-refractivity contribution is 5.98. The van der Waals surface area contributed by atoms with Gasteiger partial charge in [-0.25, -0.2) is 24.0 Å². The predicted octanol–water partition coefficient (Wildman–Crippen LogP) is 6.53. The highest BCUT2D eigenvalue weighted by atomic mass is 16.6. The Kier molecular flexibility index (Phi) is 11.3. The highest BCUT2D eigenvalue weighted by Crippen LogP contribution is 2.40. The lowest BCUT2D eigenvalue weighted by molar-refractivity contribution is 0.0682.